The molecule has 0 aliphatic heterocycles. The Labute approximate surface area is 122 Å². The highest BCUT2D eigenvalue weighted by atomic mass is 32.1. The molecular formula is C15H17NO3S. The van der Waals surface area contributed by atoms with Crippen LogP contribution in [0.5, 0.6) is 5.75 Å². The zero-order chi connectivity index (χ0) is 14.7. The number of aryl methyl sites for hydroxylation is 1. The fourth-order valence-electron chi connectivity index (χ4n) is 1.75. The summed E-state index contributed by atoms with van der Waals surface area (Å²) in [7, 11) is 0. The molecule has 0 aliphatic carbocycles. The van der Waals surface area contributed by atoms with E-state index in [4.69, 9.17) is 9.84 Å². The second-order valence-corrected chi connectivity index (χ2v) is 5.78. The maximum absolute atomic E-state index is 10.8. The molecule has 4 nitrogen and oxygen atoms in total. The minimum absolute atomic E-state index is 0.0938. The van der Waals surface area contributed by atoms with Crippen molar-refractivity contribution in [2.45, 2.75) is 33.3 Å². The van der Waals surface area contributed by atoms with Gasteiger partial charge in [-0.05, 0) is 30.0 Å². The standard InChI is InChI=1S/C15H17NO3S/c1-9(2)11-5-4-10(3)13(6-11)19-7-12-8-20-14(16-12)15(17)18/h4-6,8-9H,7H2,1-3H3,(H,17,18). The van der Waals surface area contributed by atoms with Gasteiger partial charge in [-0.1, -0.05) is 26.0 Å². The third kappa shape index (κ3) is 3.36. The summed E-state index contributed by atoms with van der Waals surface area (Å²) < 4.78 is 5.76. The Morgan fingerprint density at radius 3 is 2.80 bits per heavy atom. The number of hydrogen-bond donors (Lipinski definition) is 1. The van der Waals surface area contributed by atoms with Gasteiger partial charge in [-0.3, -0.25) is 0 Å². The van der Waals surface area contributed by atoms with Gasteiger partial charge in [-0.15, -0.1) is 11.3 Å². The van der Waals surface area contributed by atoms with Gasteiger partial charge in [0.05, 0.1) is 5.69 Å². The van der Waals surface area contributed by atoms with E-state index in [0.29, 0.717) is 11.6 Å². The van der Waals surface area contributed by atoms with Crippen molar-refractivity contribution in [3.05, 3.63) is 45.4 Å². The number of aromatic nitrogens is 1. The summed E-state index contributed by atoms with van der Waals surface area (Å²) in [6, 6.07) is 6.16. The number of hydrogen-bond acceptors (Lipinski definition) is 4. The maximum atomic E-state index is 10.8. The Balaban J connectivity index is 2.09. The van der Waals surface area contributed by atoms with Gasteiger partial charge in [0.2, 0.25) is 5.01 Å². The van der Waals surface area contributed by atoms with Crippen LogP contribution in [0.4, 0.5) is 0 Å². The number of ether oxygens (including phenoxy) is 1. The Hall–Kier alpha value is -1.88. The average molecular weight is 291 g/mol. The van der Waals surface area contributed by atoms with Crippen molar-refractivity contribution < 1.29 is 14.6 Å². The molecule has 1 aromatic carbocycles. The molecule has 0 atom stereocenters. The van der Waals surface area contributed by atoms with E-state index in [1.165, 1.54) is 5.56 Å². The van der Waals surface area contributed by atoms with E-state index in [2.05, 4.69) is 24.9 Å². The van der Waals surface area contributed by atoms with Crippen molar-refractivity contribution in [1.82, 2.24) is 4.98 Å². The quantitative estimate of drug-likeness (QED) is 0.909. The summed E-state index contributed by atoms with van der Waals surface area (Å²) in [5.41, 5.74) is 2.92. The highest BCUT2D eigenvalue weighted by Crippen LogP contribution is 2.25. The average Bonchev–Trinajstić information content (AvgIpc) is 2.86. The molecule has 0 bridgehead atoms. The van der Waals surface area contributed by atoms with Gasteiger partial charge in [0.25, 0.3) is 0 Å². The number of rotatable bonds is 5. The molecular weight excluding hydrogens is 274 g/mol. The predicted octanol–water partition coefficient (Wildman–Crippen LogP) is 3.85. The number of thiazole rings is 1. The predicted molar refractivity (Wildman–Crippen MR) is 78.7 cm³/mol. The summed E-state index contributed by atoms with van der Waals surface area (Å²) in [4.78, 5) is 14.8. The van der Waals surface area contributed by atoms with Crippen molar-refractivity contribution in [3.8, 4) is 5.75 Å². The van der Waals surface area contributed by atoms with Crippen LogP contribution in [0.3, 0.4) is 0 Å². The molecule has 20 heavy (non-hydrogen) atoms. The highest BCUT2D eigenvalue weighted by Gasteiger charge is 2.10. The van der Waals surface area contributed by atoms with Crippen LogP contribution in [0, 0.1) is 6.92 Å². The Bertz CT molecular complexity index is 619. The molecule has 0 aliphatic rings. The molecule has 5 heteroatoms. The van der Waals surface area contributed by atoms with Gasteiger partial charge >= 0.3 is 5.97 Å². The maximum Gasteiger partial charge on any atom is 0.365 e. The fraction of sp³-hybridized carbons (Fsp3) is 0.333. The molecule has 0 unspecified atom stereocenters. The van der Waals surface area contributed by atoms with Crippen LogP contribution in [0.15, 0.2) is 23.6 Å². The lowest BCUT2D eigenvalue weighted by Crippen LogP contribution is -2.00. The van der Waals surface area contributed by atoms with Gasteiger partial charge < -0.3 is 9.84 Å². The van der Waals surface area contributed by atoms with Crippen LogP contribution >= 0.6 is 11.3 Å². The van der Waals surface area contributed by atoms with Crippen LogP contribution < -0.4 is 4.74 Å². The van der Waals surface area contributed by atoms with Crippen LogP contribution in [-0.4, -0.2) is 16.1 Å². The highest BCUT2D eigenvalue weighted by molar-refractivity contribution is 7.11. The zero-order valence-electron chi connectivity index (χ0n) is 11.7. The second kappa shape index (κ2) is 6.05. The SMILES string of the molecule is Cc1ccc(C(C)C)cc1OCc1csc(C(=O)O)n1. The molecule has 0 fully saturated rings. The molecule has 1 heterocycles. The van der Waals surface area contributed by atoms with Crippen LogP contribution in [-0.2, 0) is 6.61 Å². The minimum Gasteiger partial charge on any atom is -0.487 e. The van der Waals surface area contributed by atoms with Gasteiger partial charge in [-0.2, -0.15) is 0 Å². The molecule has 0 spiro atoms. The lowest BCUT2D eigenvalue weighted by molar-refractivity contribution is 0.0696. The summed E-state index contributed by atoms with van der Waals surface area (Å²) in [6.07, 6.45) is 0. The number of benzene rings is 1. The van der Waals surface area contributed by atoms with Gasteiger partial charge in [0.1, 0.15) is 12.4 Å². The molecule has 0 amide bonds. The second-order valence-electron chi connectivity index (χ2n) is 4.92. The summed E-state index contributed by atoms with van der Waals surface area (Å²) >= 11 is 1.11. The summed E-state index contributed by atoms with van der Waals surface area (Å²) in [6.45, 7) is 6.54. The molecule has 0 saturated carbocycles. The van der Waals surface area contributed by atoms with E-state index in [1.807, 2.05) is 19.1 Å². The molecule has 2 aromatic rings. The Kier molecular flexibility index (Phi) is 4.39. The van der Waals surface area contributed by atoms with E-state index in [-0.39, 0.29) is 11.6 Å². The normalized spacial score (nSPS) is 10.8. The molecule has 0 saturated heterocycles. The number of carboxylic acid groups (broad SMARTS) is 1. The molecule has 2 rings (SSSR count). The van der Waals surface area contributed by atoms with E-state index in [1.54, 1.807) is 5.38 Å². The van der Waals surface area contributed by atoms with E-state index in [9.17, 15) is 4.79 Å². The number of aromatic carboxylic acids is 1. The van der Waals surface area contributed by atoms with Crippen LogP contribution in [0.2, 0.25) is 0 Å². The number of carboxylic acids is 1. The lowest BCUT2D eigenvalue weighted by Gasteiger charge is -2.12. The lowest BCUT2D eigenvalue weighted by atomic mass is 10.0. The first-order valence-electron chi connectivity index (χ1n) is 6.38. The first-order chi connectivity index (χ1) is 9.47. The minimum atomic E-state index is -1.00. The van der Waals surface area contributed by atoms with Crippen molar-refractivity contribution in [2.75, 3.05) is 0 Å². The van der Waals surface area contributed by atoms with E-state index in [0.717, 1.165) is 22.6 Å². The third-order valence-corrected chi connectivity index (χ3v) is 3.87. The molecule has 1 aromatic heterocycles. The molecule has 0 radical (unpaired) electrons. The monoisotopic (exact) mass is 291 g/mol. The van der Waals surface area contributed by atoms with Crippen molar-refractivity contribution in [2.24, 2.45) is 0 Å². The topological polar surface area (TPSA) is 59.4 Å². The molecule has 1 N–H and O–H groups in total. The van der Waals surface area contributed by atoms with Crippen molar-refractivity contribution in [3.63, 3.8) is 0 Å². The van der Waals surface area contributed by atoms with Crippen LogP contribution in [0.1, 0.15) is 46.4 Å². The van der Waals surface area contributed by atoms with E-state index >= 15 is 0 Å². The van der Waals surface area contributed by atoms with Crippen LogP contribution in [0.25, 0.3) is 0 Å². The Morgan fingerprint density at radius 1 is 1.45 bits per heavy atom. The smallest absolute Gasteiger partial charge is 0.365 e. The molecule has 106 valence electrons. The summed E-state index contributed by atoms with van der Waals surface area (Å²) in [5.74, 6) is 0.260. The zero-order valence-corrected chi connectivity index (χ0v) is 12.5. The fourth-order valence-corrected chi connectivity index (χ4v) is 2.39. The first kappa shape index (κ1) is 14.5. The van der Waals surface area contributed by atoms with Crippen molar-refractivity contribution >= 4 is 17.3 Å². The van der Waals surface area contributed by atoms with Gasteiger partial charge in [-0.25, -0.2) is 9.78 Å². The number of nitrogens with zero attached hydrogens (tertiary/aromatic N) is 1. The largest absolute Gasteiger partial charge is 0.487 e. The van der Waals surface area contributed by atoms with Crippen molar-refractivity contribution in [1.29, 1.82) is 0 Å². The third-order valence-electron chi connectivity index (χ3n) is 2.99. The number of carbonyl (C=O) groups is 1. The van der Waals surface area contributed by atoms with Gasteiger partial charge in [0.15, 0.2) is 0 Å². The van der Waals surface area contributed by atoms with Gasteiger partial charge in [0, 0.05) is 5.38 Å². The summed E-state index contributed by atoms with van der Waals surface area (Å²) in [5, 5.41) is 10.6. The Morgan fingerprint density at radius 2 is 2.20 bits per heavy atom. The van der Waals surface area contributed by atoms with E-state index < -0.39 is 5.97 Å². The first-order valence-corrected chi connectivity index (χ1v) is 7.26.